The van der Waals surface area contributed by atoms with Crippen molar-refractivity contribution in [1.29, 1.82) is 0 Å². The summed E-state index contributed by atoms with van der Waals surface area (Å²) in [6.07, 6.45) is 3.64. The summed E-state index contributed by atoms with van der Waals surface area (Å²) in [6.45, 7) is 1.92. The lowest BCUT2D eigenvalue weighted by molar-refractivity contribution is 0.388. The zero-order valence-electron chi connectivity index (χ0n) is 16.2. The summed E-state index contributed by atoms with van der Waals surface area (Å²) in [6, 6.07) is 3.75. The van der Waals surface area contributed by atoms with Crippen LogP contribution in [0.1, 0.15) is 17.0 Å². The van der Waals surface area contributed by atoms with Crippen LogP contribution in [0.5, 0.6) is 11.5 Å². The minimum absolute atomic E-state index is 0.350. The van der Waals surface area contributed by atoms with E-state index in [1.165, 1.54) is 11.6 Å². The zero-order valence-corrected chi connectivity index (χ0v) is 16.2. The van der Waals surface area contributed by atoms with Gasteiger partial charge in [-0.1, -0.05) is 0 Å². The first-order valence-electron chi connectivity index (χ1n) is 8.33. The predicted molar refractivity (Wildman–Crippen MR) is 104 cm³/mol. The molecule has 3 aromatic rings. The van der Waals surface area contributed by atoms with Crippen LogP contribution in [0.2, 0.25) is 0 Å². The molecule has 0 fully saturated rings. The van der Waals surface area contributed by atoms with Crippen LogP contribution in [-0.4, -0.2) is 32.9 Å². The fraction of sp³-hybridized carbons (Fsp3) is 0.316. The maximum absolute atomic E-state index is 12.5. The number of methoxy groups -OCH3 is 2. The van der Waals surface area contributed by atoms with E-state index in [0.29, 0.717) is 22.7 Å². The Balaban J connectivity index is 2.16. The lowest BCUT2D eigenvalue weighted by Gasteiger charge is -2.12. The molecule has 0 N–H and O–H groups in total. The van der Waals surface area contributed by atoms with E-state index in [0.717, 1.165) is 21.4 Å². The van der Waals surface area contributed by atoms with Crippen molar-refractivity contribution in [2.45, 2.75) is 6.92 Å². The van der Waals surface area contributed by atoms with Gasteiger partial charge in [0.2, 0.25) is 0 Å². The molecule has 27 heavy (non-hydrogen) atoms. The molecule has 0 atom stereocenters. The third-order valence-corrected chi connectivity index (χ3v) is 4.73. The number of nitrogens with zero attached hydrogens (tertiary/aromatic N) is 4. The molecule has 2 aromatic heterocycles. The van der Waals surface area contributed by atoms with E-state index in [2.05, 4.69) is 4.98 Å². The number of benzene rings is 1. The summed E-state index contributed by atoms with van der Waals surface area (Å²) >= 11 is 0. The molecule has 0 saturated carbocycles. The molecule has 142 valence electrons. The van der Waals surface area contributed by atoms with Gasteiger partial charge in [0.1, 0.15) is 17.3 Å². The Hall–Kier alpha value is -3.29. The first-order valence-corrected chi connectivity index (χ1v) is 8.33. The molecule has 3 rings (SSSR count). The molecular weight excluding hydrogens is 348 g/mol. The van der Waals surface area contributed by atoms with E-state index >= 15 is 0 Å². The molecule has 0 amide bonds. The van der Waals surface area contributed by atoms with Gasteiger partial charge in [-0.05, 0) is 31.2 Å². The highest BCUT2D eigenvalue weighted by atomic mass is 16.5. The maximum Gasteiger partial charge on any atom is 0.332 e. The molecule has 0 unspecified atom stereocenters. The number of hydrogen-bond donors (Lipinski definition) is 0. The molecule has 8 nitrogen and oxygen atoms in total. The molecule has 2 heterocycles. The second-order valence-electron chi connectivity index (χ2n) is 6.26. The number of fused-ring (bicyclic) bond motifs is 1. The Morgan fingerprint density at radius 2 is 1.67 bits per heavy atom. The van der Waals surface area contributed by atoms with Gasteiger partial charge in [-0.2, -0.15) is 0 Å². The Morgan fingerprint density at radius 3 is 2.30 bits per heavy atom. The average molecular weight is 370 g/mol. The van der Waals surface area contributed by atoms with Gasteiger partial charge in [0.15, 0.2) is 11.2 Å². The van der Waals surface area contributed by atoms with Gasteiger partial charge < -0.3 is 14.0 Å². The van der Waals surface area contributed by atoms with Crippen LogP contribution in [0.4, 0.5) is 0 Å². The molecule has 0 aliphatic carbocycles. The maximum atomic E-state index is 12.5. The van der Waals surface area contributed by atoms with Crippen LogP contribution in [0, 0.1) is 6.92 Å². The lowest BCUT2D eigenvalue weighted by atomic mass is 10.1. The van der Waals surface area contributed by atoms with Crippen molar-refractivity contribution in [3.63, 3.8) is 0 Å². The summed E-state index contributed by atoms with van der Waals surface area (Å²) in [7, 11) is 8.02. The van der Waals surface area contributed by atoms with Gasteiger partial charge in [-0.25, -0.2) is 9.78 Å². The van der Waals surface area contributed by atoms with E-state index in [-0.39, 0.29) is 5.56 Å². The SMILES string of the molecule is COc1ccc(C=Cc2nc3c(c(=O)n(C)c(=O)n3C)n2C)c(OC)c1C. The van der Waals surface area contributed by atoms with Crippen molar-refractivity contribution in [1.82, 2.24) is 18.7 Å². The Morgan fingerprint density at radius 1 is 0.963 bits per heavy atom. The number of aromatic nitrogens is 4. The molecule has 0 aliphatic rings. The lowest BCUT2D eigenvalue weighted by Crippen LogP contribution is -2.37. The summed E-state index contributed by atoms with van der Waals surface area (Å²) in [4.78, 5) is 29.0. The van der Waals surface area contributed by atoms with Crippen molar-refractivity contribution < 1.29 is 9.47 Å². The number of hydrogen-bond acceptors (Lipinski definition) is 5. The Kier molecular flexibility index (Phi) is 4.65. The van der Waals surface area contributed by atoms with Crippen LogP contribution in [0.25, 0.3) is 23.3 Å². The molecular formula is C19H22N4O4. The summed E-state index contributed by atoms with van der Waals surface area (Å²) in [5.41, 5.74) is 1.68. The molecule has 0 spiro atoms. The summed E-state index contributed by atoms with van der Waals surface area (Å²) in [5.74, 6) is 2.00. The normalized spacial score (nSPS) is 11.5. The smallest absolute Gasteiger partial charge is 0.332 e. The van der Waals surface area contributed by atoms with Crippen molar-refractivity contribution in [2.24, 2.45) is 21.1 Å². The first kappa shape index (κ1) is 18.5. The van der Waals surface area contributed by atoms with Gasteiger partial charge in [0.25, 0.3) is 5.56 Å². The second-order valence-corrected chi connectivity index (χ2v) is 6.26. The van der Waals surface area contributed by atoms with Crippen molar-refractivity contribution in [3.05, 3.63) is 49.9 Å². The predicted octanol–water partition coefficient (Wildman–Crippen LogP) is 1.47. The fourth-order valence-electron chi connectivity index (χ4n) is 3.17. The van der Waals surface area contributed by atoms with Crippen LogP contribution in [0.3, 0.4) is 0 Å². The highest BCUT2D eigenvalue weighted by Crippen LogP contribution is 2.32. The molecule has 0 bridgehead atoms. The first-order chi connectivity index (χ1) is 12.8. The van der Waals surface area contributed by atoms with E-state index in [4.69, 9.17) is 9.47 Å². The topological polar surface area (TPSA) is 80.3 Å². The molecule has 1 aromatic carbocycles. The number of imidazole rings is 1. The highest BCUT2D eigenvalue weighted by Gasteiger charge is 2.16. The molecule has 0 saturated heterocycles. The second kappa shape index (κ2) is 6.79. The number of rotatable bonds is 4. The van der Waals surface area contributed by atoms with Gasteiger partial charge in [0.05, 0.1) is 14.2 Å². The van der Waals surface area contributed by atoms with Gasteiger partial charge in [0, 0.05) is 32.3 Å². The monoisotopic (exact) mass is 370 g/mol. The zero-order chi connectivity index (χ0) is 19.9. The van der Waals surface area contributed by atoms with Gasteiger partial charge >= 0.3 is 5.69 Å². The average Bonchev–Trinajstić information content (AvgIpc) is 2.99. The van der Waals surface area contributed by atoms with Crippen LogP contribution < -0.4 is 20.7 Å². The third-order valence-electron chi connectivity index (χ3n) is 4.73. The standard InChI is InChI=1S/C19H22N4O4/c1-11-13(26-5)9-7-12(16(11)27-6)8-10-14-20-17-15(21(14)2)18(24)23(4)19(25)22(17)3/h7-10H,1-6H3. The highest BCUT2D eigenvalue weighted by molar-refractivity contribution is 5.78. The van der Waals surface area contributed by atoms with E-state index in [1.54, 1.807) is 39.0 Å². The number of aryl methyl sites for hydroxylation is 2. The molecule has 8 heteroatoms. The fourth-order valence-corrected chi connectivity index (χ4v) is 3.17. The summed E-state index contributed by atoms with van der Waals surface area (Å²) < 4.78 is 15.0. The van der Waals surface area contributed by atoms with Crippen LogP contribution in [0.15, 0.2) is 21.7 Å². The molecule has 0 radical (unpaired) electrons. The van der Waals surface area contributed by atoms with Crippen molar-refractivity contribution in [2.75, 3.05) is 14.2 Å². The molecule has 0 aliphatic heterocycles. The quantitative estimate of drug-likeness (QED) is 0.695. The van der Waals surface area contributed by atoms with Crippen LogP contribution in [-0.2, 0) is 21.1 Å². The Bertz CT molecular complexity index is 1180. The van der Waals surface area contributed by atoms with E-state index < -0.39 is 5.69 Å². The van der Waals surface area contributed by atoms with Gasteiger partial charge in [-0.15, -0.1) is 0 Å². The van der Waals surface area contributed by atoms with Crippen molar-refractivity contribution in [3.8, 4) is 11.5 Å². The van der Waals surface area contributed by atoms with E-state index in [9.17, 15) is 9.59 Å². The number of ether oxygens (including phenoxy) is 2. The van der Waals surface area contributed by atoms with Crippen molar-refractivity contribution >= 4 is 23.3 Å². The van der Waals surface area contributed by atoms with E-state index in [1.807, 2.05) is 25.1 Å². The largest absolute Gasteiger partial charge is 0.496 e. The van der Waals surface area contributed by atoms with Gasteiger partial charge in [-0.3, -0.25) is 13.9 Å². The van der Waals surface area contributed by atoms with Crippen LogP contribution >= 0.6 is 0 Å². The minimum atomic E-state index is -0.409. The minimum Gasteiger partial charge on any atom is -0.496 e. The Labute approximate surface area is 155 Å². The summed E-state index contributed by atoms with van der Waals surface area (Å²) in [5, 5.41) is 0. The third kappa shape index (κ3) is 2.83.